The standard InChI is InChI=1S/C12H17NO3S/c1-12(2,9-5-4-6-17-9)8-13-10(14)7-11(15)16-3/h4-6H,7-8H2,1-3H3,(H,13,14). The molecule has 1 aromatic rings. The van der Waals surface area contributed by atoms with Crippen LogP contribution in [0.5, 0.6) is 0 Å². The maximum absolute atomic E-state index is 11.4. The number of carbonyl (C=O) groups is 2. The number of thiophene rings is 1. The monoisotopic (exact) mass is 255 g/mol. The van der Waals surface area contributed by atoms with Crippen molar-refractivity contribution in [2.24, 2.45) is 0 Å². The smallest absolute Gasteiger partial charge is 0.315 e. The van der Waals surface area contributed by atoms with Crippen molar-refractivity contribution < 1.29 is 14.3 Å². The van der Waals surface area contributed by atoms with E-state index in [0.717, 1.165) is 0 Å². The molecule has 1 rings (SSSR count). The molecule has 0 aromatic carbocycles. The molecule has 0 bridgehead atoms. The lowest BCUT2D eigenvalue weighted by molar-refractivity contribution is -0.143. The number of hydrogen-bond donors (Lipinski definition) is 1. The van der Waals surface area contributed by atoms with Crippen LogP contribution in [0.2, 0.25) is 0 Å². The highest BCUT2D eigenvalue weighted by Crippen LogP contribution is 2.26. The predicted octanol–water partition coefficient (Wildman–Crippen LogP) is 1.70. The molecule has 1 heterocycles. The van der Waals surface area contributed by atoms with Gasteiger partial charge >= 0.3 is 5.97 Å². The number of ether oxygens (including phenoxy) is 1. The van der Waals surface area contributed by atoms with E-state index < -0.39 is 5.97 Å². The molecule has 0 aliphatic rings. The normalized spacial score (nSPS) is 11.0. The third-order valence-corrected chi connectivity index (χ3v) is 3.68. The molecular formula is C12H17NO3S. The fourth-order valence-corrected chi connectivity index (χ4v) is 2.19. The average molecular weight is 255 g/mol. The molecule has 1 N–H and O–H groups in total. The summed E-state index contributed by atoms with van der Waals surface area (Å²) in [5, 5.41) is 4.75. The Bertz CT molecular complexity index is 384. The molecule has 1 amide bonds. The van der Waals surface area contributed by atoms with Gasteiger partial charge in [-0.25, -0.2) is 0 Å². The molecule has 0 radical (unpaired) electrons. The lowest BCUT2D eigenvalue weighted by atomic mass is 9.91. The van der Waals surface area contributed by atoms with Gasteiger partial charge in [0.25, 0.3) is 0 Å². The summed E-state index contributed by atoms with van der Waals surface area (Å²) in [6.45, 7) is 4.61. The lowest BCUT2D eigenvalue weighted by Crippen LogP contribution is -2.37. The summed E-state index contributed by atoms with van der Waals surface area (Å²) in [6, 6.07) is 4.02. The topological polar surface area (TPSA) is 55.4 Å². The summed E-state index contributed by atoms with van der Waals surface area (Å²) in [6.07, 6.45) is -0.225. The lowest BCUT2D eigenvalue weighted by Gasteiger charge is -2.23. The van der Waals surface area contributed by atoms with Gasteiger partial charge < -0.3 is 10.1 Å². The zero-order valence-corrected chi connectivity index (χ0v) is 11.1. The Morgan fingerprint density at radius 3 is 2.71 bits per heavy atom. The maximum atomic E-state index is 11.4. The van der Waals surface area contributed by atoms with Crippen LogP contribution in [0.1, 0.15) is 25.1 Å². The van der Waals surface area contributed by atoms with Crippen molar-refractivity contribution in [1.82, 2.24) is 5.32 Å². The van der Waals surface area contributed by atoms with Crippen molar-refractivity contribution in [3.05, 3.63) is 22.4 Å². The van der Waals surface area contributed by atoms with E-state index in [1.807, 2.05) is 17.5 Å². The number of rotatable bonds is 5. The van der Waals surface area contributed by atoms with Crippen LogP contribution in [0.4, 0.5) is 0 Å². The van der Waals surface area contributed by atoms with Crippen molar-refractivity contribution in [2.45, 2.75) is 25.7 Å². The number of carbonyl (C=O) groups excluding carboxylic acids is 2. The molecule has 0 aliphatic carbocycles. The second-order valence-electron chi connectivity index (χ2n) is 4.39. The van der Waals surface area contributed by atoms with Gasteiger partial charge in [-0.3, -0.25) is 9.59 Å². The number of amides is 1. The minimum atomic E-state index is -0.517. The molecule has 5 heteroatoms. The Labute approximate surface area is 105 Å². The third-order valence-electron chi connectivity index (χ3n) is 2.45. The van der Waals surface area contributed by atoms with Crippen LogP contribution in [0.3, 0.4) is 0 Å². The van der Waals surface area contributed by atoms with Crippen molar-refractivity contribution >= 4 is 23.2 Å². The first-order valence-electron chi connectivity index (χ1n) is 5.33. The van der Waals surface area contributed by atoms with Crippen molar-refractivity contribution in [2.75, 3.05) is 13.7 Å². The first kappa shape index (κ1) is 13.7. The van der Waals surface area contributed by atoms with Gasteiger partial charge in [0.05, 0.1) is 7.11 Å². The minimum Gasteiger partial charge on any atom is -0.469 e. The van der Waals surface area contributed by atoms with Gasteiger partial charge in [0.1, 0.15) is 6.42 Å². The molecule has 1 aromatic heterocycles. The highest BCUT2D eigenvalue weighted by atomic mass is 32.1. The molecule has 0 unspecified atom stereocenters. The van der Waals surface area contributed by atoms with Crippen LogP contribution in [0.25, 0.3) is 0 Å². The van der Waals surface area contributed by atoms with Crippen molar-refractivity contribution in [1.29, 1.82) is 0 Å². The Kier molecular flexibility index (Phi) is 4.69. The molecular weight excluding hydrogens is 238 g/mol. The van der Waals surface area contributed by atoms with Gasteiger partial charge in [-0.1, -0.05) is 19.9 Å². The zero-order chi connectivity index (χ0) is 12.9. The molecule has 0 fully saturated rings. The van der Waals surface area contributed by atoms with Crippen LogP contribution in [-0.2, 0) is 19.7 Å². The molecule has 0 spiro atoms. The highest BCUT2D eigenvalue weighted by Gasteiger charge is 2.22. The van der Waals surface area contributed by atoms with Crippen LogP contribution in [0.15, 0.2) is 17.5 Å². The van der Waals surface area contributed by atoms with Gasteiger partial charge in [-0.05, 0) is 11.4 Å². The SMILES string of the molecule is COC(=O)CC(=O)NCC(C)(C)c1cccs1. The van der Waals surface area contributed by atoms with Gasteiger partial charge in [0.15, 0.2) is 0 Å². The first-order valence-corrected chi connectivity index (χ1v) is 6.21. The second-order valence-corrected chi connectivity index (χ2v) is 5.34. The van der Waals surface area contributed by atoms with E-state index >= 15 is 0 Å². The molecule has 0 saturated heterocycles. The van der Waals surface area contributed by atoms with E-state index in [9.17, 15) is 9.59 Å². The number of nitrogens with one attached hydrogen (secondary N) is 1. The van der Waals surface area contributed by atoms with Crippen LogP contribution < -0.4 is 5.32 Å². The van der Waals surface area contributed by atoms with Crippen molar-refractivity contribution in [3.8, 4) is 0 Å². The number of hydrogen-bond acceptors (Lipinski definition) is 4. The Morgan fingerprint density at radius 1 is 1.47 bits per heavy atom. The Morgan fingerprint density at radius 2 is 2.18 bits per heavy atom. The van der Waals surface area contributed by atoms with Gasteiger partial charge in [-0.15, -0.1) is 11.3 Å². The first-order chi connectivity index (χ1) is 7.95. The summed E-state index contributed by atoms with van der Waals surface area (Å²) in [5.74, 6) is -0.821. The fraction of sp³-hybridized carbons (Fsp3) is 0.500. The van der Waals surface area contributed by atoms with Crippen LogP contribution in [0, 0.1) is 0 Å². The molecule has 94 valence electrons. The predicted molar refractivity (Wildman–Crippen MR) is 67.0 cm³/mol. The summed E-state index contributed by atoms with van der Waals surface area (Å²) in [5.41, 5.74) is -0.125. The van der Waals surface area contributed by atoms with E-state index in [1.54, 1.807) is 11.3 Å². The van der Waals surface area contributed by atoms with Crippen LogP contribution >= 0.6 is 11.3 Å². The molecule has 17 heavy (non-hydrogen) atoms. The van der Waals surface area contributed by atoms with E-state index in [2.05, 4.69) is 23.9 Å². The molecule has 0 aliphatic heterocycles. The minimum absolute atomic E-state index is 0.125. The summed E-state index contributed by atoms with van der Waals surface area (Å²) >= 11 is 1.66. The Hall–Kier alpha value is -1.36. The quantitative estimate of drug-likeness (QED) is 0.643. The summed E-state index contributed by atoms with van der Waals surface area (Å²) in [4.78, 5) is 23.5. The van der Waals surface area contributed by atoms with Gasteiger partial charge in [-0.2, -0.15) is 0 Å². The maximum Gasteiger partial charge on any atom is 0.315 e. The van der Waals surface area contributed by atoms with E-state index in [4.69, 9.17) is 0 Å². The summed E-state index contributed by atoms with van der Waals surface area (Å²) < 4.78 is 4.43. The average Bonchev–Trinajstić information content (AvgIpc) is 2.80. The number of methoxy groups -OCH3 is 1. The van der Waals surface area contributed by atoms with Crippen LogP contribution in [-0.4, -0.2) is 25.5 Å². The molecule has 0 saturated carbocycles. The number of esters is 1. The molecule has 0 atom stereocenters. The Balaban J connectivity index is 2.45. The molecule has 4 nitrogen and oxygen atoms in total. The second kappa shape index (κ2) is 5.82. The van der Waals surface area contributed by atoms with E-state index in [0.29, 0.717) is 6.54 Å². The van der Waals surface area contributed by atoms with Gasteiger partial charge in [0, 0.05) is 16.8 Å². The largest absolute Gasteiger partial charge is 0.469 e. The van der Waals surface area contributed by atoms with E-state index in [-0.39, 0.29) is 17.7 Å². The zero-order valence-electron chi connectivity index (χ0n) is 10.3. The van der Waals surface area contributed by atoms with Gasteiger partial charge in [0.2, 0.25) is 5.91 Å². The van der Waals surface area contributed by atoms with E-state index in [1.165, 1.54) is 12.0 Å². The highest BCUT2D eigenvalue weighted by molar-refractivity contribution is 7.10. The summed E-state index contributed by atoms with van der Waals surface area (Å²) in [7, 11) is 1.27. The fourth-order valence-electron chi connectivity index (χ4n) is 1.34. The van der Waals surface area contributed by atoms with Crippen molar-refractivity contribution in [3.63, 3.8) is 0 Å². The third kappa shape index (κ3) is 4.19.